The number of aromatic hydroxyl groups is 1. The molecule has 6 N–H and O–H groups in total. The van der Waals surface area contributed by atoms with Crippen molar-refractivity contribution in [2.45, 2.75) is 71.2 Å². The zero-order valence-electron chi connectivity index (χ0n) is 24.4. The quantitative estimate of drug-likeness (QED) is 0.294. The highest BCUT2D eigenvalue weighted by Crippen LogP contribution is 2.52. The summed E-state index contributed by atoms with van der Waals surface area (Å²) in [5.74, 6) is -7.75. The van der Waals surface area contributed by atoms with Gasteiger partial charge >= 0.3 is 0 Å². The van der Waals surface area contributed by atoms with Crippen LogP contribution in [-0.2, 0) is 22.6 Å². The van der Waals surface area contributed by atoms with Crippen LogP contribution in [0.4, 0.5) is 4.39 Å². The van der Waals surface area contributed by atoms with Crippen molar-refractivity contribution in [1.29, 1.82) is 0 Å². The Labute approximate surface area is 238 Å². The summed E-state index contributed by atoms with van der Waals surface area (Å²) in [6.07, 6.45) is 0.720. The summed E-state index contributed by atoms with van der Waals surface area (Å²) >= 11 is 0. The Kier molecular flexibility index (Phi) is 8.12. The topological polar surface area (TPSA) is 165 Å². The number of nitrogens with zero attached hydrogens (tertiary/aromatic N) is 2. The smallest absolute Gasteiger partial charge is 0.255 e. The van der Waals surface area contributed by atoms with Crippen molar-refractivity contribution >= 4 is 17.5 Å². The molecule has 3 aliphatic rings. The Morgan fingerprint density at radius 1 is 1.17 bits per heavy atom. The molecule has 0 saturated carbocycles. The second-order valence-corrected chi connectivity index (χ2v) is 12.4. The molecule has 11 heteroatoms. The summed E-state index contributed by atoms with van der Waals surface area (Å²) in [6.45, 7) is 9.15. The van der Waals surface area contributed by atoms with E-state index in [1.54, 1.807) is 14.1 Å². The molecule has 4 rings (SSSR count). The molecule has 0 aromatic heterocycles. The van der Waals surface area contributed by atoms with E-state index >= 15 is 4.39 Å². The first kappa shape index (κ1) is 30.7. The van der Waals surface area contributed by atoms with Gasteiger partial charge in [0.2, 0.25) is 5.78 Å². The van der Waals surface area contributed by atoms with Crippen LogP contribution in [0, 0.1) is 23.6 Å². The number of Topliss-reactive ketones (excluding diaryl/α,β-unsaturated/α-hetero) is 2. The molecular weight excluding hydrogens is 533 g/mol. The third kappa shape index (κ3) is 4.83. The van der Waals surface area contributed by atoms with Gasteiger partial charge < -0.3 is 26.2 Å². The van der Waals surface area contributed by atoms with Gasteiger partial charge in [-0.3, -0.25) is 24.2 Å². The fraction of sp³-hybridized carbons (Fsp3) is 0.567. The van der Waals surface area contributed by atoms with E-state index in [9.17, 15) is 34.8 Å². The second kappa shape index (κ2) is 10.8. The number of carbonyl (C=O) groups is 3. The van der Waals surface area contributed by atoms with E-state index in [2.05, 4.69) is 18.7 Å². The van der Waals surface area contributed by atoms with Crippen molar-refractivity contribution in [3.05, 3.63) is 51.2 Å². The molecule has 4 atom stereocenters. The van der Waals surface area contributed by atoms with Gasteiger partial charge in [0.1, 0.15) is 28.7 Å². The number of fused-ring (bicyclic) bond motifs is 3. The summed E-state index contributed by atoms with van der Waals surface area (Å²) in [4.78, 5) is 42.7. The van der Waals surface area contributed by atoms with Crippen LogP contribution in [0.1, 0.15) is 62.0 Å². The number of benzene rings is 1. The SMILES string of the molecule is CC(C)CCN(Cc1cc(O)c2c(c1F)C[C@H]1C[C@H]3[C@H](N(C)C)C(O)=C(C(N)=O)C(=O)[C@@]3(O)C(O)=C1C2=O)C(C)C. The van der Waals surface area contributed by atoms with Gasteiger partial charge in [-0.25, -0.2) is 4.39 Å². The number of nitrogens with two attached hydrogens (primary N) is 1. The molecule has 0 fully saturated rings. The molecule has 0 radical (unpaired) electrons. The fourth-order valence-electron chi connectivity index (χ4n) is 6.63. The van der Waals surface area contributed by atoms with Crippen molar-refractivity contribution in [3.8, 4) is 5.75 Å². The number of likely N-dealkylation sites (N-methyl/N-ethyl adjacent to an activating group) is 1. The number of amides is 1. The Hall–Kier alpha value is -3.28. The fourth-order valence-corrected chi connectivity index (χ4v) is 6.63. The zero-order valence-corrected chi connectivity index (χ0v) is 24.4. The largest absolute Gasteiger partial charge is 0.510 e. The van der Waals surface area contributed by atoms with E-state index in [1.165, 1.54) is 11.0 Å². The molecule has 0 spiro atoms. The van der Waals surface area contributed by atoms with Gasteiger partial charge in [-0.2, -0.15) is 0 Å². The number of allylic oxidation sites excluding steroid dienone is 1. The lowest BCUT2D eigenvalue weighted by molar-refractivity contribution is -0.148. The van der Waals surface area contributed by atoms with Crippen LogP contribution in [0.2, 0.25) is 0 Å². The Bertz CT molecular complexity index is 1370. The van der Waals surface area contributed by atoms with E-state index in [0.29, 0.717) is 5.92 Å². The van der Waals surface area contributed by atoms with Crippen LogP contribution < -0.4 is 5.73 Å². The number of aliphatic hydroxyl groups excluding tert-OH is 2. The molecule has 41 heavy (non-hydrogen) atoms. The molecule has 0 saturated heterocycles. The highest BCUT2D eigenvalue weighted by molar-refractivity contribution is 6.24. The number of halogens is 1. The van der Waals surface area contributed by atoms with Crippen LogP contribution in [0.15, 0.2) is 28.7 Å². The van der Waals surface area contributed by atoms with E-state index < -0.39 is 69.6 Å². The van der Waals surface area contributed by atoms with Gasteiger partial charge in [0.25, 0.3) is 5.91 Å². The van der Waals surface area contributed by atoms with Crippen LogP contribution in [0.5, 0.6) is 5.75 Å². The monoisotopic (exact) mass is 573 g/mol. The van der Waals surface area contributed by atoms with Gasteiger partial charge in [-0.15, -0.1) is 0 Å². The molecule has 0 heterocycles. The van der Waals surface area contributed by atoms with Crippen LogP contribution in [0.25, 0.3) is 0 Å². The zero-order chi connectivity index (χ0) is 30.7. The third-order valence-electron chi connectivity index (χ3n) is 8.83. The molecule has 3 aliphatic carbocycles. The van der Waals surface area contributed by atoms with Crippen LogP contribution >= 0.6 is 0 Å². The molecule has 1 aromatic carbocycles. The van der Waals surface area contributed by atoms with Gasteiger partial charge in [-0.05, 0) is 71.7 Å². The minimum Gasteiger partial charge on any atom is -0.510 e. The van der Waals surface area contributed by atoms with Crippen molar-refractivity contribution in [2.75, 3.05) is 20.6 Å². The molecular formula is C30H40FN3O7. The number of hydrogen-bond acceptors (Lipinski definition) is 9. The predicted octanol–water partition coefficient (Wildman–Crippen LogP) is 2.52. The number of primary amides is 1. The van der Waals surface area contributed by atoms with Crippen molar-refractivity contribution < 1.29 is 39.2 Å². The highest BCUT2D eigenvalue weighted by Gasteiger charge is 2.63. The first-order valence-corrected chi connectivity index (χ1v) is 14.0. The van der Waals surface area contributed by atoms with Crippen molar-refractivity contribution in [3.63, 3.8) is 0 Å². The number of hydrogen-bond donors (Lipinski definition) is 5. The predicted molar refractivity (Wildman–Crippen MR) is 149 cm³/mol. The molecule has 1 aromatic rings. The Morgan fingerprint density at radius 2 is 1.80 bits per heavy atom. The lowest BCUT2D eigenvalue weighted by atomic mass is 9.58. The van der Waals surface area contributed by atoms with Crippen LogP contribution in [-0.4, -0.2) is 86.0 Å². The second-order valence-electron chi connectivity index (χ2n) is 12.4. The molecule has 224 valence electrons. The minimum absolute atomic E-state index is 0.00526. The summed E-state index contributed by atoms with van der Waals surface area (Å²) in [5.41, 5.74) is 1.35. The van der Waals surface area contributed by atoms with E-state index in [1.807, 2.05) is 13.8 Å². The molecule has 0 aliphatic heterocycles. The molecule has 0 unspecified atom stereocenters. The summed E-state index contributed by atoms with van der Waals surface area (Å²) in [6, 6.07) is 0.216. The number of phenolic OH excluding ortho intramolecular Hbond substituents is 1. The number of rotatable bonds is 8. The summed E-state index contributed by atoms with van der Waals surface area (Å²) in [7, 11) is 3.11. The van der Waals surface area contributed by atoms with Crippen LogP contribution in [0.3, 0.4) is 0 Å². The Balaban J connectivity index is 1.82. The highest BCUT2D eigenvalue weighted by atomic mass is 19.1. The third-order valence-corrected chi connectivity index (χ3v) is 8.83. The van der Waals surface area contributed by atoms with E-state index in [0.717, 1.165) is 13.0 Å². The Morgan fingerprint density at radius 3 is 2.34 bits per heavy atom. The maximum atomic E-state index is 16.1. The van der Waals surface area contributed by atoms with Gasteiger partial charge in [0.05, 0.1) is 11.6 Å². The number of carbonyl (C=O) groups excluding carboxylic acids is 3. The summed E-state index contributed by atoms with van der Waals surface area (Å²) < 4.78 is 16.1. The van der Waals surface area contributed by atoms with Gasteiger partial charge in [-0.1, -0.05) is 13.8 Å². The first-order chi connectivity index (χ1) is 19.0. The number of ketones is 2. The van der Waals surface area contributed by atoms with E-state index in [4.69, 9.17) is 5.73 Å². The average molecular weight is 574 g/mol. The van der Waals surface area contributed by atoms with E-state index in [-0.39, 0.29) is 47.7 Å². The van der Waals surface area contributed by atoms with Crippen molar-refractivity contribution in [1.82, 2.24) is 9.80 Å². The normalized spacial score (nSPS) is 26.3. The molecule has 0 bridgehead atoms. The average Bonchev–Trinajstić information content (AvgIpc) is 2.85. The van der Waals surface area contributed by atoms with Crippen molar-refractivity contribution in [2.24, 2.45) is 23.5 Å². The first-order valence-electron chi connectivity index (χ1n) is 14.0. The molecule has 1 amide bonds. The maximum Gasteiger partial charge on any atom is 0.255 e. The minimum atomic E-state index is -2.73. The standard InChI is InChI=1S/C30H40FN3O7/c1-13(2)7-8-34(14(3)4)12-16-11-19(35)21-17(23(16)31)9-15-10-18-24(33(5)6)26(37)22(29(32)40)28(39)30(18,41)27(38)20(15)25(21)36/h11,13-15,18,24,35,37-38,41H,7-10,12H2,1-6H3,(H2,32,40)/t15-,18-,24-,30-/m0/s1. The lowest BCUT2D eigenvalue weighted by Crippen LogP contribution is -2.63. The number of phenols is 1. The maximum absolute atomic E-state index is 16.1. The lowest BCUT2D eigenvalue weighted by Gasteiger charge is -2.50. The number of aliphatic hydroxyl groups is 3. The van der Waals surface area contributed by atoms with Gasteiger partial charge in [0.15, 0.2) is 11.4 Å². The molecule has 10 nitrogen and oxygen atoms in total. The van der Waals surface area contributed by atoms with Gasteiger partial charge in [0, 0.05) is 35.2 Å². The summed E-state index contributed by atoms with van der Waals surface area (Å²) in [5, 5.41) is 44.8.